The number of rotatable bonds is 4. The molecule has 0 saturated heterocycles. The lowest BCUT2D eigenvalue weighted by molar-refractivity contribution is 1.39. The van der Waals surface area contributed by atoms with Crippen molar-refractivity contribution in [2.24, 2.45) is 0 Å². The molecule has 8 aromatic carbocycles. The third-order valence-corrected chi connectivity index (χ3v) is 12.9. The molecule has 0 amide bonds. The first-order valence-corrected chi connectivity index (χ1v) is 21.8. The Bertz CT molecular complexity index is 3320. The van der Waals surface area contributed by atoms with Crippen LogP contribution >= 0.6 is 0 Å². The number of H-pyrrole nitrogens is 2. The number of hydrogen-bond donors (Lipinski definition) is 2. The van der Waals surface area contributed by atoms with Crippen LogP contribution in [-0.4, -0.2) is 19.9 Å². The first kappa shape index (κ1) is 36.1. The smallest absolute Gasteiger partial charge is 0.0816 e. The van der Waals surface area contributed by atoms with Gasteiger partial charge in [0.15, 0.2) is 0 Å². The van der Waals surface area contributed by atoms with Gasteiger partial charge < -0.3 is 9.97 Å². The van der Waals surface area contributed by atoms with Crippen LogP contribution in [0.5, 0.6) is 0 Å². The van der Waals surface area contributed by atoms with Crippen molar-refractivity contribution in [1.29, 1.82) is 0 Å². The average Bonchev–Trinajstić information content (AvgIpc) is 4.17. The summed E-state index contributed by atoms with van der Waals surface area (Å²) in [5.74, 6) is 0. The Morgan fingerprint density at radius 3 is 0.688 bits per heavy atom. The van der Waals surface area contributed by atoms with Crippen molar-refractivity contribution in [2.75, 3.05) is 0 Å². The van der Waals surface area contributed by atoms with E-state index < -0.39 is 0 Å². The maximum absolute atomic E-state index is 5.83. The summed E-state index contributed by atoms with van der Waals surface area (Å²) in [6.07, 6.45) is 0. The van der Waals surface area contributed by atoms with Crippen molar-refractivity contribution in [3.05, 3.63) is 218 Å². The molecule has 2 N–H and O–H groups in total. The third kappa shape index (κ3) is 5.77. The molecule has 0 saturated carbocycles. The van der Waals surface area contributed by atoms with E-state index in [2.05, 4.69) is 228 Å². The largest absolute Gasteiger partial charge is 0.354 e. The Labute approximate surface area is 369 Å². The van der Waals surface area contributed by atoms with Gasteiger partial charge in [-0.05, 0) is 92.3 Å². The highest BCUT2D eigenvalue weighted by molar-refractivity contribution is 6.10. The topological polar surface area (TPSA) is 57.4 Å². The van der Waals surface area contributed by atoms with Crippen molar-refractivity contribution in [3.8, 4) is 89.5 Å². The van der Waals surface area contributed by atoms with Gasteiger partial charge in [0.2, 0.25) is 0 Å². The number of aromatic amines is 2. The maximum atomic E-state index is 5.83. The summed E-state index contributed by atoms with van der Waals surface area (Å²) < 4.78 is 0. The van der Waals surface area contributed by atoms with E-state index in [0.717, 1.165) is 112 Å². The third-order valence-electron chi connectivity index (χ3n) is 12.9. The predicted octanol–water partition coefficient (Wildman–Crippen LogP) is 16.0. The van der Waals surface area contributed by atoms with Crippen LogP contribution in [-0.2, 0) is 0 Å². The van der Waals surface area contributed by atoms with Gasteiger partial charge in [-0.25, -0.2) is 9.97 Å². The molecule has 5 heterocycles. The fourth-order valence-electron chi connectivity index (χ4n) is 9.96. The van der Waals surface area contributed by atoms with Crippen LogP contribution < -0.4 is 0 Å². The van der Waals surface area contributed by atoms with Crippen LogP contribution in [0.15, 0.2) is 218 Å². The van der Waals surface area contributed by atoms with E-state index in [1.54, 1.807) is 0 Å². The monoisotopic (exact) mass is 814 g/mol. The van der Waals surface area contributed by atoms with Crippen LogP contribution in [0.25, 0.3) is 133 Å². The first-order chi connectivity index (χ1) is 31.7. The zero-order valence-corrected chi connectivity index (χ0v) is 34.7. The van der Waals surface area contributed by atoms with E-state index in [9.17, 15) is 0 Å². The van der Waals surface area contributed by atoms with Crippen LogP contribution in [0.1, 0.15) is 0 Å². The second-order valence-electron chi connectivity index (χ2n) is 16.6. The summed E-state index contributed by atoms with van der Waals surface area (Å²) >= 11 is 0. The van der Waals surface area contributed by atoms with Crippen molar-refractivity contribution in [2.45, 2.75) is 0 Å². The summed E-state index contributed by atoms with van der Waals surface area (Å²) in [6.45, 7) is 0. The van der Waals surface area contributed by atoms with Gasteiger partial charge >= 0.3 is 0 Å². The molecular formula is C60H38N4. The van der Waals surface area contributed by atoms with Gasteiger partial charge in [-0.1, -0.05) is 170 Å². The molecule has 3 aromatic heterocycles. The molecule has 4 heteroatoms. The highest BCUT2D eigenvalue weighted by Gasteiger charge is 2.28. The van der Waals surface area contributed by atoms with E-state index in [4.69, 9.17) is 9.97 Å². The maximum Gasteiger partial charge on any atom is 0.0816 e. The standard InChI is InChI=1S/C60H38N4/c1-5-17-37(18-6-1)53-49-29-30-50(61-49)54(38-19-7-2-8-20-38)59-47-35-43-27-15-16-28-44(43)36-48(47)60(64-59)56(40-23-11-4-12-24-40)52-32-31-51(62-52)55(39-21-9-3-10-22-39)58-46-34-42-26-14-13-25-41(42)33-45(46)57(53)63-58/h1-36,61-62H. The second kappa shape index (κ2) is 14.5. The number of fused-ring (bicyclic) bond motifs is 16. The van der Waals surface area contributed by atoms with E-state index >= 15 is 0 Å². The molecule has 0 spiro atoms. The molecule has 2 aliphatic heterocycles. The Hall–Kier alpha value is -8.60. The van der Waals surface area contributed by atoms with Gasteiger partial charge in [-0.2, -0.15) is 0 Å². The van der Waals surface area contributed by atoms with Crippen molar-refractivity contribution < 1.29 is 0 Å². The SMILES string of the molecule is c1ccc(-c2c3nc(c(-c4ccccc4)c4ccc([nH]4)c(-c4ccccc4)c4nc(c(-c5ccccc5)c5ccc2[nH]5)-c2cc5ccccc5cc2-4)-c2cc4ccccc4cc2-3)cc1. The molecule has 13 rings (SSSR count). The fraction of sp³-hybridized carbons (Fsp3) is 0. The van der Waals surface area contributed by atoms with Crippen molar-refractivity contribution >= 4 is 43.6 Å². The van der Waals surface area contributed by atoms with E-state index in [0.29, 0.717) is 0 Å². The number of nitrogens with one attached hydrogen (secondary N) is 2. The second-order valence-corrected chi connectivity index (χ2v) is 16.6. The minimum absolute atomic E-state index is 0.922. The molecule has 2 aliphatic rings. The van der Waals surface area contributed by atoms with E-state index in [-0.39, 0.29) is 0 Å². The summed E-state index contributed by atoms with van der Waals surface area (Å²) in [6, 6.07) is 78.3. The summed E-state index contributed by atoms with van der Waals surface area (Å²) in [4.78, 5) is 19.7. The molecular weight excluding hydrogens is 777 g/mol. The molecule has 0 aliphatic carbocycles. The minimum atomic E-state index is 0.922. The number of benzene rings is 8. The number of hydrogen-bond acceptors (Lipinski definition) is 2. The zero-order chi connectivity index (χ0) is 42.1. The molecule has 11 aromatic rings. The van der Waals surface area contributed by atoms with Gasteiger partial charge in [0.05, 0.1) is 22.8 Å². The van der Waals surface area contributed by atoms with Gasteiger partial charge in [0.1, 0.15) is 0 Å². The highest BCUT2D eigenvalue weighted by atomic mass is 14.8. The minimum Gasteiger partial charge on any atom is -0.354 e. The van der Waals surface area contributed by atoms with Gasteiger partial charge in [-0.3, -0.25) is 0 Å². The van der Waals surface area contributed by atoms with E-state index in [1.165, 1.54) is 21.5 Å². The molecule has 8 bridgehead atoms. The zero-order valence-electron chi connectivity index (χ0n) is 34.7. The fourth-order valence-corrected chi connectivity index (χ4v) is 9.96. The molecule has 0 atom stereocenters. The van der Waals surface area contributed by atoms with Crippen molar-refractivity contribution in [1.82, 2.24) is 19.9 Å². The quantitative estimate of drug-likeness (QED) is 0.186. The summed E-state index contributed by atoms with van der Waals surface area (Å²) in [7, 11) is 0. The van der Waals surface area contributed by atoms with Crippen LogP contribution in [0.3, 0.4) is 0 Å². The van der Waals surface area contributed by atoms with Gasteiger partial charge in [0, 0.05) is 66.6 Å². The Morgan fingerprint density at radius 1 is 0.234 bits per heavy atom. The lowest BCUT2D eigenvalue weighted by Crippen LogP contribution is -1.87. The van der Waals surface area contributed by atoms with Crippen LogP contribution in [0.2, 0.25) is 0 Å². The Kier molecular flexibility index (Phi) is 8.18. The Morgan fingerprint density at radius 2 is 0.453 bits per heavy atom. The van der Waals surface area contributed by atoms with Crippen LogP contribution in [0.4, 0.5) is 0 Å². The number of aromatic nitrogens is 4. The molecule has 0 radical (unpaired) electrons. The summed E-state index contributed by atoms with van der Waals surface area (Å²) in [5, 5.41) is 4.68. The van der Waals surface area contributed by atoms with Gasteiger partial charge in [0.25, 0.3) is 0 Å². The number of nitrogens with zero attached hydrogens (tertiary/aromatic N) is 2. The first-order valence-electron chi connectivity index (χ1n) is 21.8. The lowest BCUT2D eigenvalue weighted by Gasteiger charge is -2.10. The molecule has 0 unspecified atom stereocenters. The van der Waals surface area contributed by atoms with Crippen LogP contribution in [0, 0.1) is 0 Å². The highest BCUT2D eigenvalue weighted by Crippen LogP contribution is 2.50. The summed E-state index contributed by atoms with van der Waals surface area (Å²) in [5.41, 5.74) is 20.4. The molecule has 64 heavy (non-hydrogen) atoms. The van der Waals surface area contributed by atoms with Gasteiger partial charge in [-0.15, -0.1) is 0 Å². The molecule has 298 valence electrons. The predicted molar refractivity (Wildman–Crippen MR) is 267 cm³/mol. The molecule has 4 nitrogen and oxygen atoms in total. The normalized spacial score (nSPS) is 11.8. The van der Waals surface area contributed by atoms with E-state index in [1.807, 2.05) is 0 Å². The van der Waals surface area contributed by atoms with Crippen molar-refractivity contribution in [3.63, 3.8) is 0 Å². The Balaban J connectivity index is 1.30. The molecule has 0 fully saturated rings. The average molecular weight is 815 g/mol. The lowest BCUT2D eigenvalue weighted by atomic mass is 9.92.